The summed E-state index contributed by atoms with van der Waals surface area (Å²) in [4.78, 5) is 26.5. The first-order chi connectivity index (χ1) is 10.7. The molecule has 0 aromatic rings. The summed E-state index contributed by atoms with van der Waals surface area (Å²) in [5.74, 6) is -0.151. The second-order valence-electron chi connectivity index (χ2n) is 7.87. The number of nitrogens with one attached hydrogen (secondary N) is 1. The van der Waals surface area contributed by atoms with Gasteiger partial charge in [-0.1, -0.05) is 12.8 Å². The molecule has 0 saturated heterocycles. The van der Waals surface area contributed by atoms with Crippen molar-refractivity contribution in [1.29, 1.82) is 0 Å². The van der Waals surface area contributed by atoms with Gasteiger partial charge in [-0.05, 0) is 53.4 Å². The van der Waals surface area contributed by atoms with E-state index in [0.29, 0.717) is 0 Å². The van der Waals surface area contributed by atoms with Gasteiger partial charge in [-0.15, -0.1) is 0 Å². The van der Waals surface area contributed by atoms with Gasteiger partial charge in [0.25, 0.3) is 0 Å². The van der Waals surface area contributed by atoms with Gasteiger partial charge >= 0.3 is 6.09 Å². The predicted octanol–water partition coefficient (Wildman–Crippen LogP) is 2.16. The molecular formula is C17H31N3O3. The van der Waals surface area contributed by atoms with Gasteiger partial charge in [-0.25, -0.2) is 4.79 Å². The largest absolute Gasteiger partial charge is 0.444 e. The summed E-state index contributed by atoms with van der Waals surface area (Å²) in [6.45, 7) is 7.32. The third kappa shape index (κ3) is 5.09. The molecule has 3 N–H and O–H groups in total. The van der Waals surface area contributed by atoms with E-state index in [1.807, 2.05) is 25.7 Å². The molecule has 2 unspecified atom stereocenters. The van der Waals surface area contributed by atoms with Crippen molar-refractivity contribution in [2.24, 2.45) is 5.73 Å². The predicted molar refractivity (Wildman–Crippen MR) is 88.9 cm³/mol. The van der Waals surface area contributed by atoms with Crippen LogP contribution in [-0.2, 0) is 9.53 Å². The fourth-order valence-electron chi connectivity index (χ4n) is 3.15. The molecule has 0 radical (unpaired) electrons. The first-order valence-electron chi connectivity index (χ1n) is 8.76. The molecular weight excluding hydrogens is 294 g/mol. The van der Waals surface area contributed by atoms with Crippen LogP contribution in [0.4, 0.5) is 4.79 Å². The van der Waals surface area contributed by atoms with Gasteiger partial charge < -0.3 is 20.7 Å². The normalized spacial score (nSPS) is 26.3. The van der Waals surface area contributed by atoms with Crippen molar-refractivity contribution in [3.8, 4) is 0 Å². The van der Waals surface area contributed by atoms with Crippen LogP contribution in [0.2, 0.25) is 0 Å². The molecule has 6 heteroatoms. The summed E-state index contributed by atoms with van der Waals surface area (Å²) in [7, 11) is 0. The van der Waals surface area contributed by atoms with Crippen LogP contribution in [0.5, 0.6) is 0 Å². The third-order valence-electron chi connectivity index (χ3n) is 4.37. The van der Waals surface area contributed by atoms with Crippen molar-refractivity contribution in [2.45, 2.75) is 96.0 Å². The highest BCUT2D eigenvalue weighted by Gasteiger charge is 2.43. The Morgan fingerprint density at radius 2 is 1.78 bits per heavy atom. The van der Waals surface area contributed by atoms with Crippen molar-refractivity contribution in [3.05, 3.63) is 0 Å². The van der Waals surface area contributed by atoms with Crippen LogP contribution in [0.15, 0.2) is 0 Å². The molecule has 3 atom stereocenters. The summed E-state index contributed by atoms with van der Waals surface area (Å²) >= 11 is 0. The Bertz CT molecular complexity index is 441. The number of nitrogens with two attached hydrogens (primary N) is 1. The van der Waals surface area contributed by atoms with Crippen molar-refractivity contribution >= 4 is 12.0 Å². The molecule has 2 amide bonds. The van der Waals surface area contributed by atoms with Crippen LogP contribution in [0.1, 0.15) is 66.2 Å². The molecule has 0 bridgehead atoms. The van der Waals surface area contributed by atoms with E-state index in [-0.39, 0.29) is 30.1 Å². The Hall–Kier alpha value is -1.30. The Kier molecular flexibility index (Phi) is 5.55. The zero-order valence-corrected chi connectivity index (χ0v) is 14.8. The molecule has 0 aliphatic heterocycles. The lowest BCUT2D eigenvalue weighted by atomic mass is 9.89. The molecule has 2 aliphatic carbocycles. The standard InChI is InChI=1S/C17H31N3O3/c1-11(18)15(21)19-13-7-5-6-8-14(13)20(12-9-10-12)16(22)23-17(2,3)4/h11-14H,5-10,18H2,1-4H3,(H,19,21)/t11-,13?,14?/m0/s1. The smallest absolute Gasteiger partial charge is 0.410 e. The van der Waals surface area contributed by atoms with Gasteiger partial charge in [0.2, 0.25) is 5.91 Å². The van der Waals surface area contributed by atoms with E-state index < -0.39 is 11.6 Å². The minimum Gasteiger partial charge on any atom is -0.444 e. The lowest BCUT2D eigenvalue weighted by molar-refractivity contribution is -0.123. The maximum absolute atomic E-state index is 12.7. The third-order valence-corrected chi connectivity index (χ3v) is 4.37. The summed E-state index contributed by atoms with van der Waals surface area (Å²) in [6.07, 6.45) is 5.70. The number of amides is 2. The van der Waals surface area contributed by atoms with Gasteiger partial charge in [0, 0.05) is 12.1 Å². The lowest BCUT2D eigenvalue weighted by Gasteiger charge is -2.41. The Morgan fingerprint density at radius 1 is 1.17 bits per heavy atom. The number of ether oxygens (including phenoxy) is 1. The highest BCUT2D eigenvalue weighted by Crippen LogP contribution is 2.35. The fraction of sp³-hybridized carbons (Fsp3) is 0.882. The Labute approximate surface area is 139 Å². The fourth-order valence-corrected chi connectivity index (χ4v) is 3.15. The zero-order chi connectivity index (χ0) is 17.2. The van der Waals surface area contributed by atoms with Crippen molar-refractivity contribution in [3.63, 3.8) is 0 Å². The van der Waals surface area contributed by atoms with E-state index in [9.17, 15) is 9.59 Å². The summed E-state index contributed by atoms with van der Waals surface area (Å²) in [6, 6.07) is -0.305. The second-order valence-corrected chi connectivity index (χ2v) is 7.87. The van der Waals surface area contributed by atoms with Crippen molar-refractivity contribution in [1.82, 2.24) is 10.2 Å². The van der Waals surface area contributed by atoms with Gasteiger partial charge in [-0.3, -0.25) is 4.79 Å². The maximum atomic E-state index is 12.7. The number of rotatable bonds is 4. The van der Waals surface area contributed by atoms with E-state index in [2.05, 4.69) is 5.32 Å². The van der Waals surface area contributed by atoms with Gasteiger partial charge in [0.1, 0.15) is 5.60 Å². The van der Waals surface area contributed by atoms with E-state index >= 15 is 0 Å². The van der Waals surface area contributed by atoms with E-state index in [1.165, 1.54) is 0 Å². The minimum atomic E-state index is -0.534. The average Bonchev–Trinajstić information content (AvgIpc) is 3.23. The number of carbonyl (C=O) groups excluding carboxylic acids is 2. The SMILES string of the molecule is C[C@H](N)C(=O)NC1CCCCC1N(C(=O)OC(C)(C)C)C1CC1. The molecule has 2 fully saturated rings. The molecule has 0 heterocycles. The Balaban J connectivity index is 2.11. The average molecular weight is 325 g/mol. The molecule has 2 aliphatic rings. The molecule has 0 aromatic heterocycles. The molecule has 6 nitrogen and oxygen atoms in total. The lowest BCUT2D eigenvalue weighted by Crippen LogP contribution is -2.58. The molecule has 2 rings (SSSR count). The van der Waals surface area contributed by atoms with E-state index in [1.54, 1.807) is 6.92 Å². The van der Waals surface area contributed by atoms with Gasteiger partial charge in [-0.2, -0.15) is 0 Å². The van der Waals surface area contributed by atoms with Crippen molar-refractivity contribution < 1.29 is 14.3 Å². The highest BCUT2D eigenvalue weighted by molar-refractivity contribution is 5.81. The van der Waals surface area contributed by atoms with Crippen LogP contribution in [0.3, 0.4) is 0 Å². The summed E-state index contributed by atoms with van der Waals surface area (Å²) in [5, 5.41) is 3.04. The van der Waals surface area contributed by atoms with E-state index in [4.69, 9.17) is 10.5 Å². The van der Waals surface area contributed by atoms with Crippen LogP contribution in [-0.4, -0.2) is 46.7 Å². The van der Waals surface area contributed by atoms with Gasteiger partial charge in [0.05, 0.1) is 12.1 Å². The minimum absolute atomic E-state index is 0.00815. The number of nitrogens with zero attached hydrogens (tertiary/aromatic N) is 1. The molecule has 2 saturated carbocycles. The second kappa shape index (κ2) is 7.07. The molecule has 0 aromatic carbocycles. The van der Waals surface area contributed by atoms with Crippen LogP contribution in [0.25, 0.3) is 0 Å². The summed E-state index contributed by atoms with van der Waals surface area (Å²) < 4.78 is 5.60. The van der Waals surface area contributed by atoms with Crippen molar-refractivity contribution in [2.75, 3.05) is 0 Å². The van der Waals surface area contributed by atoms with Gasteiger partial charge in [0.15, 0.2) is 0 Å². The topological polar surface area (TPSA) is 84.7 Å². The zero-order valence-electron chi connectivity index (χ0n) is 14.8. The summed E-state index contributed by atoms with van der Waals surface area (Å²) in [5.41, 5.74) is 5.16. The molecule has 132 valence electrons. The molecule has 23 heavy (non-hydrogen) atoms. The maximum Gasteiger partial charge on any atom is 0.410 e. The van der Waals surface area contributed by atoms with Crippen LogP contribution >= 0.6 is 0 Å². The van der Waals surface area contributed by atoms with Crippen LogP contribution < -0.4 is 11.1 Å². The Morgan fingerprint density at radius 3 is 2.30 bits per heavy atom. The number of hydrogen-bond donors (Lipinski definition) is 2. The highest BCUT2D eigenvalue weighted by atomic mass is 16.6. The number of hydrogen-bond acceptors (Lipinski definition) is 4. The van der Waals surface area contributed by atoms with Crippen LogP contribution in [0, 0.1) is 0 Å². The first kappa shape index (κ1) is 18.0. The monoisotopic (exact) mass is 325 g/mol. The molecule has 0 spiro atoms. The van der Waals surface area contributed by atoms with E-state index in [0.717, 1.165) is 38.5 Å². The first-order valence-corrected chi connectivity index (χ1v) is 8.76. The number of carbonyl (C=O) groups is 2. The quantitative estimate of drug-likeness (QED) is 0.829.